The molecular weight excluding hydrogens is 530 g/mol. The standard InChI is InChI=1S/C31H34F2N4O4/c32-26(33)21-12-22(13-21)28(38)37(23-3-1-2-20(14-23)24-15-25(40-35-24)18-4-5-18)16-30-8-10-31(11-9-30,39-17-30)29-34-27(36-41-29)19-6-7-19/h1-3,14-15,18-19,21-22,26H,4-13,16-17H2. The minimum Gasteiger partial charge on any atom is -0.364 e. The lowest BCUT2D eigenvalue weighted by atomic mass is 9.65. The number of rotatable bonds is 9. The van der Waals surface area contributed by atoms with Crippen LogP contribution in [0.1, 0.15) is 93.5 Å². The maximum absolute atomic E-state index is 13.9. The number of aromatic nitrogens is 3. The van der Waals surface area contributed by atoms with Gasteiger partial charge in [0.25, 0.3) is 5.89 Å². The number of anilines is 1. The Morgan fingerprint density at radius 2 is 1.78 bits per heavy atom. The lowest BCUT2D eigenvalue weighted by Crippen LogP contribution is -2.56. The molecule has 0 unspecified atom stereocenters. The molecule has 2 bridgehead atoms. The number of carbonyl (C=O) groups is 1. The Bertz CT molecular complexity index is 1430. The van der Waals surface area contributed by atoms with Crippen LogP contribution in [0, 0.1) is 17.3 Å². The number of benzene rings is 1. The highest BCUT2D eigenvalue weighted by molar-refractivity contribution is 5.96. The van der Waals surface area contributed by atoms with Crippen LogP contribution in [0.3, 0.4) is 0 Å². The monoisotopic (exact) mass is 564 g/mol. The van der Waals surface area contributed by atoms with Gasteiger partial charge in [0.15, 0.2) is 5.82 Å². The molecule has 4 heterocycles. The van der Waals surface area contributed by atoms with E-state index in [-0.39, 0.29) is 24.2 Å². The van der Waals surface area contributed by atoms with E-state index in [1.54, 1.807) is 0 Å². The van der Waals surface area contributed by atoms with E-state index < -0.39 is 23.9 Å². The highest BCUT2D eigenvalue weighted by Gasteiger charge is 2.55. The van der Waals surface area contributed by atoms with Gasteiger partial charge in [0.05, 0.1) is 6.61 Å². The Morgan fingerprint density at radius 1 is 1.00 bits per heavy atom. The Labute approximate surface area is 236 Å². The Kier molecular flexibility index (Phi) is 5.89. The number of fused-ring (bicyclic) bond motifs is 3. The van der Waals surface area contributed by atoms with Crippen LogP contribution in [-0.4, -0.2) is 40.8 Å². The second kappa shape index (κ2) is 9.44. The minimum atomic E-state index is -2.38. The number of hydrogen-bond donors (Lipinski definition) is 0. The molecule has 10 heteroatoms. The summed E-state index contributed by atoms with van der Waals surface area (Å²) < 4.78 is 44.3. The molecule has 0 atom stereocenters. The molecule has 0 spiro atoms. The molecule has 6 fully saturated rings. The van der Waals surface area contributed by atoms with Crippen molar-refractivity contribution < 1.29 is 27.4 Å². The van der Waals surface area contributed by atoms with Gasteiger partial charge in [-0.1, -0.05) is 22.4 Å². The van der Waals surface area contributed by atoms with Crippen LogP contribution in [0.4, 0.5) is 14.5 Å². The summed E-state index contributed by atoms with van der Waals surface area (Å²) in [7, 11) is 0. The molecule has 4 aliphatic carbocycles. The van der Waals surface area contributed by atoms with Gasteiger partial charge in [-0.05, 0) is 76.3 Å². The van der Waals surface area contributed by atoms with Gasteiger partial charge in [-0.2, -0.15) is 4.98 Å². The summed E-state index contributed by atoms with van der Waals surface area (Å²) in [5.41, 5.74) is 1.59. The molecule has 2 aromatic heterocycles. The highest BCUT2D eigenvalue weighted by Crippen LogP contribution is 2.54. The maximum atomic E-state index is 13.9. The predicted molar refractivity (Wildman–Crippen MR) is 143 cm³/mol. The number of alkyl halides is 2. The van der Waals surface area contributed by atoms with E-state index in [0.29, 0.717) is 30.9 Å². The van der Waals surface area contributed by atoms with Crippen molar-refractivity contribution in [2.75, 3.05) is 18.1 Å². The molecule has 1 aromatic carbocycles. The molecule has 9 rings (SSSR count). The zero-order chi connectivity index (χ0) is 27.8. The van der Waals surface area contributed by atoms with E-state index in [1.807, 2.05) is 35.2 Å². The molecule has 3 aromatic rings. The van der Waals surface area contributed by atoms with Crippen LogP contribution in [0.2, 0.25) is 0 Å². The molecule has 2 saturated heterocycles. The van der Waals surface area contributed by atoms with Gasteiger partial charge in [0.2, 0.25) is 12.3 Å². The smallest absolute Gasteiger partial charge is 0.258 e. The maximum Gasteiger partial charge on any atom is 0.258 e. The van der Waals surface area contributed by atoms with Crippen LogP contribution in [-0.2, 0) is 15.1 Å². The van der Waals surface area contributed by atoms with E-state index >= 15 is 0 Å². The molecular formula is C31H34F2N4O4. The lowest BCUT2D eigenvalue weighted by molar-refractivity contribution is -0.198. The quantitative estimate of drug-likeness (QED) is 0.289. The molecule has 1 amide bonds. The first-order valence-electron chi connectivity index (χ1n) is 15.1. The highest BCUT2D eigenvalue weighted by atomic mass is 19.3. The molecule has 8 nitrogen and oxygen atoms in total. The first kappa shape index (κ1) is 25.6. The topological polar surface area (TPSA) is 94.5 Å². The molecule has 0 N–H and O–H groups in total. The van der Waals surface area contributed by atoms with Gasteiger partial charge < -0.3 is 18.7 Å². The van der Waals surface area contributed by atoms with Gasteiger partial charge >= 0.3 is 0 Å². The van der Waals surface area contributed by atoms with Crippen molar-refractivity contribution in [1.29, 1.82) is 0 Å². The van der Waals surface area contributed by atoms with Gasteiger partial charge in [0.1, 0.15) is 17.1 Å². The zero-order valence-electron chi connectivity index (χ0n) is 22.9. The second-order valence-electron chi connectivity index (χ2n) is 13.1. The normalized spacial score (nSPS) is 30.9. The summed E-state index contributed by atoms with van der Waals surface area (Å²) in [5, 5.41) is 8.50. The molecule has 4 saturated carbocycles. The summed E-state index contributed by atoms with van der Waals surface area (Å²) >= 11 is 0. The van der Waals surface area contributed by atoms with Crippen molar-refractivity contribution in [3.8, 4) is 11.3 Å². The van der Waals surface area contributed by atoms with Crippen molar-refractivity contribution in [1.82, 2.24) is 15.3 Å². The fourth-order valence-corrected chi connectivity index (χ4v) is 6.91. The summed E-state index contributed by atoms with van der Waals surface area (Å²) in [6, 6.07) is 9.78. The fraction of sp³-hybridized carbons (Fsp3) is 0.613. The molecule has 2 aliphatic heterocycles. The lowest BCUT2D eigenvalue weighted by Gasteiger charge is -2.53. The van der Waals surface area contributed by atoms with Crippen molar-refractivity contribution in [2.45, 2.75) is 88.1 Å². The average molecular weight is 565 g/mol. The van der Waals surface area contributed by atoms with Crippen LogP contribution >= 0.6 is 0 Å². The number of hydrogen-bond acceptors (Lipinski definition) is 7. The third-order valence-corrected chi connectivity index (χ3v) is 10.1. The van der Waals surface area contributed by atoms with Crippen molar-refractivity contribution >= 4 is 11.6 Å². The summed E-state index contributed by atoms with van der Waals surface area (Å²) in [6.45, 7) is 0.959. The Balaban J connectivity index is 1.04. The minimum absolute atomic E-state index is 0.0827. The summed E-state index contributed by atoms with van der Waals surface area (Å²) in [6.07, 6.45) is 5.76. The second-order valence-corrected chi connectivity index (χ2v) is 13.1. The van der Waals surface area contributed by atoms with Crippen molar-refractivity contribution in [3.05, 3.63) is 47.8 Å². The summed E-state index contributed by atoms with van der Waals surface area (Å²) in [4.78, 5) is 20.4. The largest absolute Gasteiger partial charge is 0.364 e. The number of ether oxygens (including phenoxy) is 1. The van der Waals surface area contributed by atoms with Crippen molar-refractivity contribution in [3.63, 3.8) is 0 Å². The Hall–Kier alpha value is -3.14. The number of nitrogens with zero attached hydrogens (tertiary/aromatic N) is 4. The summed E-state index contributed by atoms with van der Waals surface area (Å²) in [5.74, 6) is 1.97. The van der Waals surface area contributed by atoms with E-state index in [1.165, 1.54) is 0 Å². The van der Waals surface area contributed by atoms with Gasteiger partial charge in [0, 0.05) is 52.9 Å². The van der Waals surface area contributed by atoms with E-state index in [9.17, 15) is 13.6 Å². The Morgan fingerprint density at radius 3 is 2.46 bits per heavy atom. The van der Waals surface area contributed by atoms with Gasteiger partial charge in [-0.3, -0.25) is 4.79 Å². The average Bonchev–Trinajstić information content (AvgIpc) is 3.90. The van der Waals surface area contributed by atoms with Crippen LogP contribution < -0.4 is 4.90 Å². The zero-order valence-corrected chi connectivity index (χ0v) is 22.9. The van der Waals surface area contributed by atoms with E-state index in [0.717, 1.165) is 79.9 Å². The molecule has 41 heavy (non-hydrogen) atoms. The third kappa shape index (κ3) is 4.58. The third-order valence-electron chi connectivity index (χ3n) is 10.1. The van der Waals surface area contributed by atoms with Crippen LogP contribution in [0.5, 0.6) is 0 Å². The number of amides is 1. The number of carbonyl (C=O) groups excluding carboxylic acids is 1. The van der Waals surface area contributed by atoms with E-state index in [2.05, 4.69) is 10.3 Å². The molecule has 6 aliphatic rings. The first-order valence-corrected chi connectivity index (χ1v) is 15.1. The van der Waals surface area contributed by atoms with Gasteiger partial charge in [-0.15, -0.1) is 0 Å². The fourth-order valence-electron chi connectivity index (χ4n) is 6.91. The van der Waals surface area contributed by atoms with Crippen LogP contribution in [0.25, 0.3) is 11.3 Å². The SMILES string of the molecule is O=C(C1CC(C(F)F)C1)N(CC12CCC(c3nc(C4CC4)no3)(CC1)OC2)c1cccc(-c2cc(C3CC3)on2)c1. The first-order chi connectivity index (χ1) is 19.9. The molecule has 216 valence electrons. The predicted octanol–water partition coefficient (Wildman–Crippen LogP) is 6.59. The van der Waals surface area contributed by atoms with Gasteiger partial charge in [-0.25, -0.2) is 8.78 Å². The van der Waals surface area contributed by atoms with E-state index in [4.69, 9.17) is 18.8 Å². The van der Waals surface area contributed by atoms with Crippen molar-refractivity contribution in [2.24, 2.45) is 17.3 Å². The molecule has 0 radical (unpaired) electrons. The van der Waals surface area contributed by atoms with Crippen LogP contribution in [0.15, 0.2) is 39.4 Å². The number of halogens is 2.